The van der Waals surface area contributed by atoms with Crippen LogP contribution in [0.15, 0.2) is 0 Å². The Kier molecular flexibility index (Phi) is 6.52. The van der Waals surface area contributed by atoms with Gasteiger partial charge in [-0.1, -0.05) is 19.8 Å². The van der Waals surface area contributed by atoms with Crippen LogP contribution in [0.4, 0.5) is 0 Å². The Labute approximate surface area is 104 Å². The molecule has 100 valence electrons. The monoisotopic (exact) mass is 243 g/mol. The summed E-state index contributed by atoms with van der Waals surface area (Å²) in [5.74, 6) is 0.104. The van der Waals surface area contributed by atoms with E-state index in [1.54, 1.807) is 0 Å². The van der Waals surface area contributed by atoms with Gasteiger partial charge in [0.05, 0.1) is 12.7 Å². The number of nitrogens with one attached hydrogen (secondary N) is 1. The Hall–Kier alpha value is -0.610. The van der Waals surface area contributed by atoms with Crippen LogP contribution in [-0.4, -0.2) is 36.4 Å². The van der Waals surface area contributed by atoms with E-state index in [0.29, 0.717) is 13.2 Å². The van der Waals surface area contributed by atoms with Crippen LogP contribution >= 0.6 is 0 Å². The van der Waals surface area contributed by atoms with E-state index in [4.69, 9.17) is 4.74 Å². The lowest BCUT2D eigenvalue weighted by molar-refractivity contribution is -0.145. The number of esters is 1. The van der Waals surface area contributed by atoms with Crippen molar-refractivity contribution in [1.29, 1.82) is 0 Å². The number of hydrogen-bond donors (Lipinski definition) is 2. The van der Waals surface area contributed by atoms with E-state index in [2.05, 4.69) is 5.32 Å². The molecule has 4 heteroatoms. The van der Waals surface area contributed by atoms with Crippen LogP contribution in [0, 0.1) is 5.92 Å². The maximum atomic E-state index is 11.6. The lowest BCUT2D eigenvalue weighted by Crippen LogP contribution is -2.43. The molecule has 0 radical (unpaired) electrons. The molecule has 3 unspecified atom stereocenters. The Balaban J connectivity index is 2.33. The maximum absolute atomic E-state index is 11.6. The van der Waals surface area contributed by atoms with Crippen LogP contribution in [-0.2, 0) is 9.53 Å². The summed E-state index contributed by atoms with van der Waals surface area (Å²) in [5, 5.41) is 13.1. The first kappa shape index (κ1) is 14.5. The molecule has 0 amide bonds. The van der Waals surface area contributed by atoms with Crippen molar-refractivity contribution in [1.82, 2.24) is 5.32 Å². The van der Waals surface area contributed by atoms with Gasteiger partial charge in [0, 0.05) is 6.54 Å². The van der Waals surface area contributed by atoms with E-state index >= 15 is 0 Å². The summed E-state index contributed by atoms with van der Waals surface area (Å²) in [6, 6.07) is -0.232. The first-order chi connectivity index (χ1) is 8.19. The normalized spacial score (nSPS) is 26.5. The van der Waals surface area contributed by atoms with Crippen molar-refractivity contribution in [3.05, 3.63) is 0 Å². The summed E-state index contributed by atoms with van der Waals surface area (Å²) in [4.78, 5) is 11.6. The third kappa shape index (κ3) is 4.64. The maximum Gasteiger partial charge on any atom is 0.323 e. The van der Waals surface area contributed by atoms with E-state index in [0.717, 1.165) is 25.7 Å². The summed E-state index contributed by atoms with van der Waals surface area (Å²) in [6.07, 6.45) is 4.75. The number of rotatable bonds is 6. The second-order valence-corrected chi connectivity index (χ2v) is 4.73. The predicted molar refractivity (Wildman–Crippen MR) is 66.7 cm³/mol. The molecule has 0 aromatic carbocycles. The molecular weight excluding hydrogens is 218 g/mol. The number of carbonyl (C=O) groups is 1. The Morgan fingerprint density at radius 3 is 2.71 bits per heavy atom. The zero-order valence-electron chi connectivity index (χ0n) is 10.9. The SMILES string of the molecule is CCOC(=O)C(CC)NCC1CCCCC1O. The van der Waals surface area contributed by atoms with Crippen LogP contribution in [0.25, 0.3) is 0 Å². The zero-order chi connectivity index (χ0) is 12.7. The van der Waals surface area contributed by atoms with Gasteiger partial charge < -0.3 is 15.2 Å². The van der Waals surface area contributed by atoms with Gasteiger partial charge in [-0.05, 0) is 32.1 Å². The highest BCUT2D eigenvalue weighted by atomic mass is 16.5. The van der Waals surface area contributed by atoms with Crippen molar-refractivity contribution in [3.8, 4) is 0 Å². The number of ether oxygens (including phenoxy) is 1. The van der Waals surface area contributed by atoms with Crippen molar-refractivity contribution in [2.75, 3.05) is 13.2 Å². The minimum atomic E-state index is -0.232. The number of aliphatic hydroxyl groups is 1. The standard InChI is InChI=1S/C13H25NO3/c1-3-11(13(16)17-4-2)14-9-10-7-5-6-8-12(10)15/h10-12,14-15H,3-9H2,1-2H3. The van der Waals surface area contributed by atoms with Gasteiger partial charge in [0.15, 0.2) is 0 Å². The molecule has 1 aliphatic carbocycles. The fourth-order valence-corrected chi connectivity index (χ4v) is 2.36. The third-order valence-corrected chi connectivity index (χ3v) is 3.47. The fourth-order valence-electron chi connectivity index (χ4n) is 2.36. The molecule has 3 atom stereocenters. The van der Waals surface area contributed by atoms with Crippen molar-refractivity contribution < 1.29 is 14.6 Å². The van der Waals surface area contributed by atoms with Crippen molar-refractivity contribution >= 4 is 5.97 Å². The minimum absolute atomic E-state index is 0.180. The van der Waals surface area contributed by atoms with Crippen molar-refractivity contribution in [3.63, 3.8) is 0 Å². The van der Waals surface area contributed by atoms with Gasteiger partial charge in [-0.25, -0.2) is 0 Å². The van der Waals surface area contributed by atoms with Crippen LogP contribution in [0.2, 0.25) is 0 Å². The molecule has 1 aliphatic rings. The Morgan fingerprint density at radius 2 is 2.12 bits per heavy atom. The first-order valence-electron chi connectivity index (χ1n) is 6.77. The highest BCUT2D eigenvalue weighted by Crippen LogP contribution is 2.23. The molecule has 0 heterocycles. The molecule has 0 aromatic heterocycles. The van der Waals surface area contributed by atoms with E-state index in [-0.39, 0.29) is 24.0 Å². The fraction of sp³-hybridized carbons (Fsp3) is 0.923. The van der Waals surface area contributed by atoms with Crippen molar-refractivity contribution in [2.24, 2.45) is 5.92 Å². The molecule has 1 saturated carbocycles. The first-order valence-corrected chi connectivity index (χ1v) is 6.77. The molecule has 2 N–H and O–H groups in total. The summed E-state index contributed by atoms with van der Waals surface area (Å²) in [5.41, 5.74) is 0. The summed E-state index contributed by atoms with van der Waals surface area (Å²) >= 11 is 0. The topological polar surface area (TPSA) is 58.6 Å². The van der Waals surface area contributed by atoms with Crippen LogP contribution in [0.5, 0.6) is 0 Å². The van der Waals surface area contributed by atoms with E-state index < -0.39 is 0 Å². The average Bonchev–Trinajstić information content (AvgIpc) is 2.32. The summed E-state index contributed by atoms with van der Waals surface area (Å²) in [7, 11) is 0. The average molecular weight is 243 g/mol. The number of aliphatic hydroxyl groups excluding tert-OH is 1. The smallest absolute Gasteiger partial charge is 0.323 e. The predicted octanol–water partition coefficient (Wildman–Crippen LogP) is 1.47. The van der Waals surface area contributed by atoms with Gasteiger partial charge in [0.1, 0.15) is 6.04 Å². The van der Waals surface area contributed by atoms with Gasteiger partial charge in [-0.3, -0.25) is 4.79 Å². The van der Waals surface area contributed by atoms with Gasteiger partial charge in [-0.15, -0.1) is 0 Å². The second-order valence-electron chi connectivity index (χ2n) is 4.73. The highest BCUT2D eigenvalue weighted by Gasteiger charge is 2.25. The minimum Gasteiger partial charge on any atom is -0.465 e. The quantitative estimate of drug-likeness (QED) is 0.694. The molecule has 0 saturated heterocycles. The molecule has 0 bridgehead atoms. The molecule has 0 aliphatic heterocycles. The van der Waals surface area contributed by atoms with Gasteiger partial charge in [-0.2, -0.15) is 0 Å². The van der Waals surface area contributed by atoms with E-state index in [1.165, 1.54) is 6.42 Å². The molecule has 1 fully saturated rings. The molecule has 17 heavy (non-hydrogen) atoms. The molecule has 0 spiro atoms. The van der Waals surface area contributed by atoms with E-state index in [1.807, 2.05) is 13.8 Å². The summed E-state index contributed by atoms with van der Waals surface area (Å²) < 4.78 is 5.00. The van der Waals surface area contributed by atoms with Crippen LogP contribution < -0.4 is 5.32 Å². The molecule has 0 aromatic rings. The number of carbonyl (C=O) groups excluding carboxylic acids is 1. The van der Waals surface area contributed by atoms with Crippen LogP contribution in [0.1, 0.15) is 46.0 Å². The van der Waals surface area contributed by atoms with E-state index in [9.17, 15) is 9.90 Å². The molecule has 4 nitrogen and oxygen atoms in total. The lowest BCUT2D eigenvalue weighted by atomic mass is 9.86. The third-order valence-electron chi connectivity index (χ3n) is 3.47. The van der Waals surface area contributed by atoms with Gasteiger partial charge in [0.2, 0.25) is 0 Å². The van der Waals surface area contributed by atoms with Crippen LogP contribution in [0.3, 0.4) is 0 Å². The largest absolute Gasteiger partial charge is 0.465 e. The Morgan fingerprint density at radius 1 is 1.41 bits per heavy atom. The van der Waals surface area contributed by atoms with Crippen molar-refractivity contribution in [2.45, 2.75) is 58.1 Å². The lowest BCUT2D eigenvalue weighted by Gasteiger charge is -2.29. The number of hydrogen-bond acceptors (Lipinski definition) is 4. The second kappa shape index (κ2) is 7.67. The van der Waals surface area contributed by atoms with Gasteiger partial charge in [0.25, 0.3) is 0 Å². The zero-order valence-corrected chi connectivity index (χ0v) is 10.9. The van der Waals surface area contributed by atoms with Gasteiger partial charge >= 0.3 is 5.97 Å². The molecular formula is C13H25NO3. The summed E-state index contributed by atoms with van der Waals surface area (Å²) in [6.45, 7) is 4.91. The Bertz CT molecular complexity index is 233. The molecule has 1 rings (SSSR count). The highest BCUT2D eigenvalue weighted by molar-refractivity contribution is 5.75.